The molecule has 0 unspecified atom stereocenters. The summed E-state index contributed by atoms with van der Waals surface area (Å²) in [7, 11) is 0. The maximum Gasteiger partial charge on any atom is 0.126 e. The van der Waals surface area contributed by atoms with Gasteiger partial charge in [0.15, 0.2) is 0 Å². The van der Waals surface area contributed by atoms with Crippen LogP contribution < -0.4 is 5.32 Å². The SMILES string of the molecule is CC(C)(O)[C@H](c1cc(F)cc(F)c1)C1CNC1. The summed E-state index contributed by atoms with van der Waals surface area (Å²) in [4.78, 5) is 0. The maximum atomic E-state index is 13.2. The highest BCUT2D eigenvalue weighted by molar-refractivity contribution is 5.26. The van der Waals surface area contributed by atoms with E-state index in [-0.39, 0.29) is 11.8 Å². The van der Waals surface area contributed by atoms with Gasteiger partial charge in [-0.25, -0.2) is 8.78 Å². The minimum atomic E-state index is -0.993. The molecule has 1 aromatic carbocycles. The predicted molar refractivity (Wildman–Crippen MR) is 61.8 cm³/mol. The first-order valence-electron chi connectivity index (χ1n) is 5.77. The summed E-state index contributed by atoms with van der Waals surface area (Å²) >= 11 is 0. The second-order valence-corrected chi connectivity index (χ2v) is 5.25. The zero-order valence-electron chi connectivity index (χ0n) is 10.0. The Hall–Kier alpha value is -1.00. The fourth-order valence-corrected chi connectivity index (χ4v) is 2.56. The lowest BCUT2D eigenvalue weighted by molar-refractivity contribution is 0.0162. The quantitative estimate of drug-likeness (QED) is 0.848. The molecular formula is C13H17F2NO. The van der Waals surface area contributed by atoms with Crippen LogP contribution in [0, 0.1) is 17.6 Å². The van der Waals surface area contributed by atoms with Gasteiger partial charge in [-0.05, 0) is 50.6 Å². The molecule has 0 aliphatic carbocycles. The van der Waals surface area contributed by atoms with Crippen molar-refractivity contribution in [2.75, 3.05) is 13.1 Å². The van der Waals surface area contributed by atoms with Crippen LogP contribution in [0.25, 0.3) is 0 Å². The van der Waals surface area contributed by atoms with Crippen LogP contribution in [0.2, 0.25) is 0 Å². The van der Waals surface area contributed by atoms with Crippen molar-refractivity contribution in [3.8, 4) is 0 Å². The molecule has 0 amide bonds. The third-order valence-electron chi connectivity index (χ3n) is 3.29. The molecule has 2 nitrogen and oxygen atoms in total. The molecule has 1 aliphatic rings. The molecule has 0 saturated carbocycles. The number of halogens is 2. The van der Waals surface area contributed by atoms with E-state index in [1.165, 1.54) is 12.1 Å². The number of aliphatic hydroxyl groups is 1. The summed E-state index contributed by atoms with van der Waals surface area (Å²) in [6, 6.07) is 3.47. The van der Waals surface area contributed by atoms with Crippen LogP contribution >= 0.6 is 0 Å². The van der Waals surface area contributed by atoms with E-state index in [4.69, 9.17) is 0 Å². The van der Waals surface area contributed by atoms with E-state index in [1.807, 2.05) is 0 Å². The van der Waals surface area contributed by atoms with Gasteiger partial charge in [0.2, 0.25) is 0 Å². The minimum absolute atomic E-state index is 0.219. The van der Waals surface area contributed by atoms with Crippen molar-refractivity contribution >= 4 is 0 Å². The van der Waals surface area contributed by atoms with Crippen molar-refractivity contribution in [2.24, 2.45) is 5.92 Å². The normalized spacial score (nSPS) is 18.9. The molecule has 0 spiro atoms. The largest absolute Gasteiger partial charge is 0.390 e. The first-order chi connectivity index (χ1) is 7.88. The van der Waals surface area contributed by atoms with Gasteiger partial charge < -0.3 is 10.4 Å². The Morgan fingerprint density at radius 1 is 1.24 bits per heavy atom. The zero-order valence-corrected chi connectivity index (χ0v) is 10.0. The van der Waals surface area contributed by atoms with E-state index in [0.717, 1.165) is 19.2 Å². The molecule has 1 saturated heterocycles. The Balaban J connectivity index is 2.37. The van der Waals surface area contributed by atoms with E-state index in [1.54, 1.807) is 13.8 Å². The van der Waals surface area contributed by atoms with E-state index in [2.05, 4.69) is 5.32 Å². The van der Waals surface area contributed by atoms with Gasteiger partial charge in [0.05, 0.1) is 5.60 Å². The van der Waals surface area contributed by atoms with Gasteiger partial charge in [0, 0.05) is 12.0 Å². The van der Waals surface area contributed by atoms with Gasteiger partial charge in [-0.1, -0.05) is 0 Å². The van der Waals surface area contributed by atoms with E-state index in [9.17, 15) is 13.9 Å². The van der Waals surface area contributed by atoms with Crippen LogP contribution in [0.5, 0.6) is 0 Å². The highest BCUT2D eigenvalue weighted by Gasteiger charge is 2.38. The smallest absolute Gasteiger partial charge is 0.126 e. The predicted octanol–water partition coefficient (Wildman–Crippen LogP) is 2.04. The summed E-state index contributed by atoms with van der Waals surface area (Å²) in [6.07, 6.45) is 0. The third kappa shape index (κ3) is 2.64. The number of hydrogen-bond donors (Lipinski definition) is 2. The highest BCUT2D eigenvalue weighted by Crippen LogP contribution is 2.37. The van der Waals surface area contributed by atoms with Crippen molar-refractivity contribution in [1.29, 1.82) is 0 Å². The molecule has 94 valence electrons. The summed E-state index contributed by atoms with van der Waals surface area (Å²) in [6.45, 7) is 4.90. The molecule has 1 aliphatic heterocycles. The van der Waals surface area contributed by atoms with E-state index in [0.29, 0.717) is 5.56 Å². The Kier molecular flexibility index (Phi) is 3.19. The number of benzene rings is 1. The molecule has 1 atom stereocenters. The Morgan fingerprint density at radius 3 is 2.12 bits per heavy atom. The lowest BCUT2D eigenvalue weighted by Gasteiger charge is -2.41. The van der Waals surface area contributed by atoms with Crippen LogP contribution in [0.4, 0.5) is 8.78 Å². The molecule has 0 aromatic heterocycles. The second kappa shape index (κ2) is 4.35. The van der Waals surface area contributed by atoms with E-state index < -0.39 is 17.2 Å². The average molecular weight is 241 g/mol. The molecule has 0 bridgehead atoms. The van der Waals surface area contributed by atoms with Gasteiger partial charge in [0.25, 0.3) is 0 Å². The number of hydrogen-bond acceptors (Lipinski definition) is 2. The van der Waals surface area contributed by atoms with Crippen LogP contribution in [0.15, 0.2) is 18.2 Å². The minimum Gasteiger partial charge on any atom is -0.390 e. The molecule has 1 fully saturated rings. The van der Waals surface area contributed by atoms with Crippen molar-refractivity contribution in [1.82, 2.24) is 5.32 Å². The molecule has 1 aromatic rings. The fraction of sp³-hybridized carbons (Fsp3) is 0.538. The fourth-order valence-electron chi connectivity index (χ4n) is 2.56. The van der Waals surface area contributed by atoms with Crippen LogP contribution in [0.1, 0.15) is 25.3 Å². The van der Waals surface area contributed by atoms with Crippen molar-refractivity contribution in [3.63, 3.8) is 0 Å². The van der Waals surface area contributed by atoms with Crippen molar-refractivity contribution < 1.29 is 13.9 Å². The van der Waals surface area contributed by atoms with Crippen LogP contribution in [-0.2, 0) is 0 Å². The molecule has 0 radical (unpaired) electrons. The van der Waals surface area contributed by atoms with Gasteiger partial charge in [-0.15, -0.1) is 0 Å². The summed E-state index contributed by atoms with van der Waals surface area (Å²) in [5, 5.41) is 13.3. The molecular weight excluding hydrogens is 224 g/mol. The lowest BCUT2D eigenvalue weighted by Crippen LogP contribution is -2.50. The topological polar surface area (TPSA) is 32.3 Å². The molecule has 4 heteroatoms. The van der Waals surface area contributed by atoms with E-state index >= 15 is 0 Å². The third-order valence-corrected chi connectivity index (χ3v) is 3.29. The number of rotatable bonds is 3. The van der Waals surface area contributed by atoms with Gasteiger partial charge in [-0.2, -0.15) is 0 Å². The number of nitrogens with one attached hydrogen (secondary N) is 1. The Morgan fingerprint density at radius 2 is 1.76 bits per heavy atom. The van der Waals surface area contributed by atoms with Gasteiger partial charge >= 0.3 is 0 Å². The molecule has 2 N–H and O–H groups in total. The summed E-state index contributed by atoms with van der Waals surface area (Å²) in [5.74, 6) is -1.23. The van der Waals surface area contributed by atoms with Gasteiger partial charge in [-0.3, -0.25) is 0 Å². The molecule has 17 heavy (non-hydrogen) atoms. The molecule has 2 rings (SSSR count). The van der Waals surface area contributed by atoms with Crippen molar-refractivity contribution in [3.05, 3.63) is 35.4 Å². The Labute approximate surface area is 99.7 Å². The average Bonchev–Trinajstić information content (AvgIpc) is 2.06. The first-order valence-corrected chi connectivity index (χ1v) is 5.77. The summed E-state index contributed by atoms with van der Waals surface area (Å²) in [5.41, 5.74) is -0.464. The second-order valence-electron chi connectivity index (χ2n) is 5.25. The summed E-state index contributed by atoms with van der Waals surface area (Å²) < 4.78 is 26.4. The maximum absolute atomic E-state index is 13.2. The van der Waals surface area contributed by atoms with Crippen molar-refractivity contribution in [2.45, 2.75) is 25.4 Å². The highest BCUT2D eigenvalue weighted by atomic mass is 19.1. The van der Waals surface area contributed by atoms with Crippen LogP contribution in [0.3, 0.4) is 0 Å². The Bertz CT molecular complexity index is 390. The lowest BCUT2D eigenvalue weighted by atomic mass is 9.73. The zero-order chi connectivity index (χ0) is 12.6. The van der Waals surface area contributed by atoms with Crippen LogP contribution in [-0.4, -0.2) is 23.8 Å². The standard InChI is InChI=1S/C13H17F2NO/c1-13(2,17)12(9-6-16-7-9)8-3-10(14)5-11(15)4-8/h3-5,9,12,16-17H,6-7H2,1-2H3/t12-/m1/s1. The van der Waals surface area contributed by atoms with Gasteiger partial charge in [0.1, 0.15) is 11.6 Å². The first kappa shape index (κ1) is 12.5. The molecule has 1 heterocycles. The monoisotopic (exact) mass is 241 g/mol.